The molecule has 0 amide bonds. The molecule has 2 aromatic heterocycles. The summed E-state index contributed by atoms with van der Waals surface area (Å²) < 4.78 is 10.9. The molecule has 0 bridgehead atoms. The Kier molecular flexibility index (Phi) is 5.19. The van der Waals surface area contributed by atoms with Gasteiger partial charge >= 0.3 is 0 Å². The Hall–Kier alpha value is -2.91. The van der Waals surface area contributed by atoms with Gasteiger partial charge in [0.2, 0.25) is 0 Å². The fourth-order valence-electron chi connectivity index (χ4n) is 2.73. The molecule has 1 aromatic carbocycles. The largest absolute Gasteiger partial charge is 0.497 e. The molecule has 3 aromatic rings. The summed E-state index contributed by atoms with van der Waals surface area (Å²) in [5.41, 5.74) is 2.49. The van der Waals surface area contributed by atoms with Crippen molar-refractivity contribution < 1.29 is 9.15 Å². The lowest BCUT2D eigenvalue weighted by molar-refractivity contribution is 0.415. The van der Waals surface area contributed by atoms with Crippen LogP contribution < -0.4 is 10.3 Å². The van der Waals surface area contributed by atoms with Crippen LogP contribution in [-0.4, -0.2) is 17.8 Å². The van der Waals surface area contributed by atoms with E-state index in [1.807, 2.05) is 56.3 Å². The number of benzene rings is 1. The van der Waals surface area contributed by atoms with Crippen LogP contribution in [0.5, 0.6) is 5.75 Å². The van der Waals surface area contributed by atoms with E-state index in [1.165, 1.54) is 0 Å². The van der Waals surface area contributed by atoms with Crippen molar-refractivity contribution >= 4 is 11.8 Å². The Morgan fingerprint density at radius 3 is 2.58 bits per heavy atom. The highest BCUT2D eigenvalue weighted by atomic mass is 32.2. The lowest BCUT2D eigenvalue weighted by Gasteiger charge is -2.08. The zero-order valence-electron chi connectivity index (χ0n) is 14.8. The van der Waals surface area contributed by atoms with Gasteiger partial charge in [0.05, 0.1) is 7.11 Å². The van der Waals surface area contributed by atoms with Crippen molar-refractivity contribution in [2.45, 2.75) is 18.9 Å². The van der Waals surface area contributed by atoms with Gasteiger partial charge in [0, 0.05) is 16.8 Å². The Morgan fingerprint density at radius 2 is 1.96 bits per heavy atom. The minimum atomic E-state index is -0.415. The highest BCUT2D eigenvalue weighted by Crippen LogP contribution is 2.36. The van der Waals surface area contributed by atoms with Gasteiger partial charge in [-0.2, -0.15) is 5.26 Å². The zero-order valence-corrected chi connectivity index (χ0v) is 15.6. The van der Waals surface area contributed by atoms with Crippen LogP contribution in [0.4, 0.5) is 0 Å². The van der Waals surface area contributed by atoms with Crippen LogP contribution in [0.25, 0.3) is 22.4 Å². The second kappa shape index (κ2) is 7.54. The molecule has 0 aliphatic heterocycles. The van der Waals surface area contributed by atoms with Crippen molar-refractivity contribution in [1.82, 2.24) is 4.98 Å². The quantitative estimate of drug-likeness (QED) is 0.668. The van der Waals surface area contributed by atoms with Crippen LogP contribution in [0.1, 0.15) is 18.2 Å². The fourth-order valence-corrected chi connectivity index (χ4v) is 3.51. The number of furan rings is 1. The first kappa shape index (κ1) is 17.9. The second-order valence-corrected chi connectivity index (χ2v) is 6.87. The van der Waals surface area contributed by atoms with E-state index in [1.54, 1.807) is 18.9 Å². The SMILES string of the molecule is CCSc1oc(C)cc1-c1cc(-c2ccc(OC)cc2)[nH]c(=O)c1C#N. The van der Waals surface area contributed by atoms with E-state index >= 15 is 0 Å². The molecule has 0 unspecified atom stereocenters. The summed E-state index contributed by atoms with van der Waals surface area (Å²) in [5.74, 6) is 2.30. The molecule has 1 N–H and O–H groups in total. The summed E-state index contributed by atoms with van der Waals surface area (Å²) >= 11 is 1.54. The highest BCUT2D eigenvalue weighted by Gasteiger charge is 2.18. The van der Waals surface area contributed by atoms with Gasteiger partial charge in [-0.3, -0.25) is 4.79 Å². The molecule has 3 rings (SSSR count). The van der Waals surface area contributed by atoms with Crippen LogP contribution >= 0.6 is 11.8 Å². The number of pyridine rings is 1. The molecule has 0 saturated heterocycles. The number of ether oxygens (including phenoxy) is 1. The molecule has 132 valence electrons. The number of thioether (sulfide) groups is 1. The Bertz CT molecular complexity index is 1030. The smallest absolute Gasteiger partial charge is 0.266 e. The maximum Gasteiger partial charge on any atom is 0.266 e. The molecular formula is C20H18N2O3S. The molecule has 0 aliphatic carbocycles. The molecule has 0 fully saturated rings. The number of nitrogens with one attached hydrogen (secondary N) is 1. The van der Waals surface area contributed by atoms with E-state index in [9.17, 15) is 10.1 Å². The minimum absolute atomic E-state index is 0.0843. The normalized spacial score (nSPS) is 10.5. The molecule has 6 heteroatoms. The van der Waals surface area contributed by atoms with E-state index < -0.39 is 5.56 Å². The third kappa shape index (κ3) is 3.39. The van der Waals surface area contributed by atoms with E-state index in [-0.39, 0.29) is 5.56 Å². The maximum atomic E-state index is 12.5. The van der Waals surface area contributed by atoms with Crippen molar-refractivity contribution in [3.8, 4) is 34.2 Å². The Morgan fingerprint density at radius 1 is 1.23 bits per heavy atom. The van der Waals surface area contributed by atoms with Gasteiger partial charge in [-0.05, 0) is 54.6 Å². The number of aryl methyl sites for hydroxylation is 1. The van der Waals surface area contributed by atoms with Gasteiger partial charge in [0.15, 0.2) is 5.09 Å². The summed E-state index contributed by atoms with van der Waals surface area (Å²) in [6.45, 7) is 3.88. The standard InChI is InChI=1S/C20H18N2O3S/c1-4-26-20-16(9-12(2)25-20)15-10-18(22-19(23)17(15)11-21)13-5-7-14(24-3)8-6-13/h5-10H,4H2,1-3H3,(H,22,23). The Labute approximate surface area is 155 Å². The van der Waals surface area contributed by atoms with E-state index in [4.69, 9.17) is 9.15 Å². The summed E-state index contributed by atoms with van der Waals surface area (Å²) in [7, 11) is 1.60. The molecule has 2 heterocycles. The number of H-pyrrole nitrogens is 1. The number of aromatic nitrogens is 1. The summed E-state index contributed by atoms with van der Waals surface area (Å²) in [6.07, 6.45) is 0. The summed E-state index contributed by atoms with van der Waals surface area (Å²) in [4.78, 5) is 15.3. The second-order valence-electron chi connectivity index (χ2n) is 5.63. The van der Waals surface area contributed by atoms with Gasteiger partial charge in [-0.25, -0.2) is 0 Å². The number of nitriles is 1. The van der Waals surface area contributed by atoms with Crippen molar-refractivity contribution in [2.24, 2.45) is 0 Å². The summed E-state index contributed by atoms with van der Waals surface area (Å²) in [6, 6.07) is 13.1. The van der Waals surface area contributed by atoms with E-state index in [2.05, 4.69) is 4.98 Å². The average molecular weight is 366 g/mol. The average Bonchev–Trinajstić information content (AvgIpc) is 3.01. The first-order valence-corrected chi connectivity index (χ1v) is 9.11. The van der Waals surface area contributed by atoms with Crippen LogP contribution in [0.3, 0.4) is 0 Å². The molecule has 0 saturated carbocycles. The number of hydrogen-bond donors (Lipinski definition) is 1. The van der Waals surface area contributed by atoms with Gasteiger partial charge in [-0.1, -0.05) is 18.7 Å². The summed E-state index contributed by atoms with van der Waals surface area (Å²) in [5, 5.41) is 10.2. The first-order chi connectivity index (χ1) is 12.6. The number of methoxy groups -OCH3 is 1. The van der Waals surface area contributed by atoms with Crippen molar-refractivity contribution in [2.75, 3.05) is 12.9 Å². The molecule has 0 atom stereocenters. The molecular weight excluding hydrogens is 348 g/mol. The van der Waals surface area contributed by atoms with Crippen LogP contribution in [0.2, 0.25) is 0 Å². The monoisotopic (exact) mass is 366 g/mol. The fraction of sp³-hybridized carbons (Fsp3) is 0.200. The predicted octanol–water partition coefficient (Wildman–Crippen LogP) is 4.60. The first-order valence-electron chi connectivity index (χ1n) is 8.12. The van der Waals surface area contributed by atoms with Gasteiger partial charge in [-0.15, -0.1) is 0 Å². The van der Waals surface area contributed by atoms with E-state index in [0.29, 0.717) is 16.3 Å². The van der Waals surface area contributed by atoms with Crippen LogP contribution in [0.15, 0.2) is 50.7 Å². The number of aromatic amines is 1. The molecule has 0 spiro atoms. The highest BCUT2D eigenvalue weighted by molar-refractivity contribution is 7.99. The minimum Gasteiger partial charge on any atom is -0.497 e. The molecule has 0 aliphatic rings. The third-order valence-electron chi connectivity index (χ3n) is 3.93. The molecule has 5 nitrogen and oxygen atoms in total. The number of rotatable bonds is 5. The van der Waals surface area contributed by atoms with Crippen molar-refractivity contribution in [3.63, 3.8) is 0 Å². The van der Waals surface area contributed by atoms with Crippen molar-refractivity contribution in [3.05, 3.63) is 58.1 Å². The third-order valence-corrected chi connectivity index (χ3v) is 4.79. The predicted molar refractivity (Wildman–Crippen MR) is 103 cm³/mol. The van der Waals surface area contributed by atoms with E-state index in [0.717, 1.165) is 28.4 Å². The molecule has 26 heavy (non-hydrogen) atoms. The van der Waals surface area contributed by atoms with Gasteiger partial charge in [0.1, 0.15) is 23.1 Å². The van der Waals surface area contributed by atoms with Crippen LogP contribution in [-0.2, 0) is 0 Å². The Balaban J connectivity index is 2.20. The maximum absolute atomic E-state index is 12.5. The lowest BCUT2D eigenvalue weighted by Crippen LogP contribution is -2.12. The topological polar surface area (TPSA) is 79.0 Å². The lowest BCUT2D eigenvalue weighted by atomic mass is 10.0. The molecule has 0 radical (unpaired) electrons. The number of hydrogen-bond acceptors (Lipinski definition) is 5. The van der Waals surface area contributed by atoms with Crippen molar-refractivity contribution in [1.29, 1.82) is 5.26 Å². The zero-order chi connectivity index (χ0) is 18.7. The number of nitrogens with zero attached hydrogens (tertiary/aromatic N) is 1. The van der Waals surface area contributed by atoms with Crippen LogP contribution in [0, 0.1) is 18.3 Å². The van der Waals surface area contributed by atoms with Gasteiger partial charge in [0.25, 0.3) is 5.56 Å². The van der Waals surface area contributed by atoms with Gasteiger partial charge < -0.3 is 14.1 Å².